The third-order valence-electron chi connectivity index (χ3n) is 2.66. The highest BCUT2D eigenvalue weighted by Gasteiger charge is 2.24. The summed E-state index contributed by atoms with van der Waals surface area (Å²) in [5, 5.41) is 0. The average Bonchev–Trinajstić information content (AvgIpc) is 2.00. The van der Waals surface area contributed by atoms with Crippen LogP contribution in [-0.4, -0.2) is 21.4 Å². The first-order valence-corrected chi connectivity index (χ1v) is 8.16. The molecule has 0 amide bonds. The molecule has 0 saturated carbocycles. The van der Waals surface area contributed by atoms with Crippen LogP contribution < -0.4 is 0 Å². The third kappa shape index (κ3) is 5.55. The first-order valence-electron chi connectivity index (χ1n) is 5.38. The van der Waals surface area contributed by atoms with E-state index in [1.54, 1.807) is 0 Å². The average molecular weight is 216 g/mol. The van der Waals surface area contributed by atoms with E-state index in [-0.39, 0.29) is 11.5 Å². The highest BCUT2D eigenvalue weighted by atomic mass is 28.3. The van der Waals surface area contributed by atoms with E-state index in [1.165, 1.54) is 0 Å². The van der Waals surface area contributed by atoms with Gasteiger partial charge in [0, 0.05) is 0 Å². The first kappa shape index (κ1) is 13.8. The van der Waals surface area contributed by atoms with Crippen molar-refractivity contribution < 1.29 is 9.22 Å². The summed E-state index contributed by atoms with van der Waals surface area (Å²) in [6.07, 6.45) is 1.61. The molecule has 2 atom stereocenters. The van der Waals surface area contributed by atoms with Gasteiger partial charge in [0.15, 0.2) is 9.04 Å². The molecule has 1 unspecified atom stereocenters. The lowest BCUT2D eigenvalue weighted by molar-refractivity contribution is -0.114. The molecule has 0 saturated heterocycles. The largest absolute Gasteiger partial charge is 0.411 e. The van der Waals surface area contributed by atoms with Crippen LogP contribution in [0.4, 0.5) is 0 Å². The Balaban J connectivity index is 4.12. The van der Waals surface area contributed by atoms with Crippen LogP contribution in [0.25, 0.3) is 0 Å². The van der Waals surface area contributed by atoms with Crippen LogP contribution >= 0.6 is 0 Å². The lowest BCUT2D eigenvalue weighted by Gasteiger charge is -2.29. The maximum atomic E-state index is 10.8. The highest BCUT2D eigenvalue weighted by Crippen LogP contribution is 2.29. The fourth-order valence-corrected chi connectivity index (χ4v) is 2.07. The van der Waals surface area contributed by atoms with Crippen molar-refractivity contribution in [3.8, 4) is 0 Å². The zero-order valence-electron chi connectivity index (χ0n) is 10.3. The summed E-state index contributed by atoms with van der Waals surface area (Å²) in [5.41, 5.74) is 0.253. The van der Waals surface area contributed by atoms with Crippen molar-refractivity contribution >= 4 is 15.3 Å². The maximum Gasteiger partial charge on any atom is 0.171 e. The predicted octanol–water partition coefficient (Wildman–Crippen LogP) is 2.63. The Bertz CT molecular complexity index is 173. The summed E-state index contributed by atoms with van der Waals surface area (Å²) in [4.78, 5) is 10.8. The van der Waals surface area contributed by atoms with Crippen molar-refractivity contribution in [1.29, 1.82) is 0 Å². The lowest BCUT2D eigenvalue weighted by Crippen LogP contribution is -2.28. The van der Waals surface area contributed by atoms with Crippen molar-refractivity contribution in [3.05, 3.63) is 0 Å². The Morgan fingerprint density at radius 1 is 1.36 bits per heavy atom. The van der Waals surface area contributed by atoms with Gasteiger partial charge in [-0.2, -0.15) is 0 Å². The van der Waals surface area contributed by atoms with Crippen molar-refractivity contribution in [2.45, 2.75) is 53.3 Å². The quantitative estimate of drug-likeness (QED) is 0.521. The fourth-order valence-electron chi connectivity index (χ4n) is 1.19. The topological polar surface area (TPSA) is 26.3 Å². The fraction of sp³-hybridized carbons (Fsp3) is 0.909. The van der Waals surface area contributed by atoms with E-state index in [9.17, 15) is 4.79 Å². The van der Waals surface area contributed by atoms with Gasteiger partial charge in [-0.25, -0.2) is 0 Å². The molecule has 0 heterocycles. The second-order valence-electron chi connectivity index (χ2n) is 5.36. The number of carbonyl (C=O) groups is 1. The van der Waals surface area contributed by atoms with Crippen LogP contribution in [0.2, 0.25) is 13.1 Å². The third-order valence-corrected chi connectivity index (χ3v) is 3.56. The number of hydrogen-bond donors (Lipinski definition) is 0. The van der Waals surface area contributed by atoms with Crippen LogP contribution in [-0.2, 0) is 9.22 Å². The summed E-state index contributed by atoms with van der Waals surface area (Å²) in [5.74, 6) is 0.505. The molecule has 0 N–H and O–H groups in total. The van der Waals surface area contributed by atoms with Gasteiger partial charge < -0.3 is 9.22 Å². The predicted molar refractivity (Wildman–Crippen MR) is 63.1 cm³/mol. The smallest absolute Gasteiger partial charge is 0.171 e. The van der Waals surface area contributed by atoms with Crippen LogP contribution in [0.15, 0.2) is 0 Å². The van der Waals surface area contributed by atoms with E-state index < -0.39 is 9.04 Å². The summed E-state index contributed by atoms with van der Waals surface area (Å²) in [6.45, 7) is 13.0. The summed E-state index contributed by atoms with van der Waals surface area (Å²) in [7, 11) is -1.09. The lowest BCUT2D eigenvalue weighted by atomic mass is 9.79. The van der Waals surface area contributed by atoms with Gasteiger partial charge in [0.1, 0.15) is 12.4 Å². The van der Waals surface area contributed by atoms with E-state index in [0.717, 1.165) is 12.7 Å². The van der Waals surface area contributed by atoms with E-state index in [0.29, 0.717) is 5.92 Å². The Morgan fingerprint density at radius 3 is 2.14 bits per heavy atom. The first-order chi connectivity index (χ1) is 6.27. The minimum absolute atomic E-state index is 0.184. The van der Waals surface area contributed by atoms with Crippen LogP contribution in [0, 0.1) is 11.3 Å². The molecule has 0 aliphatic rings. The summed E-state index contributed by atoms with van der Waals surface area (Å²) < 4.78 is 5.64. The van der Waals surface area contributed by atoms with Gasteiger partial charge in [-0.3, -0.25) is 0 Å². The summed E-state index contributed by atoms with van der Waals surface area (Å²) >= 11 is 0. The zero-order valence-corrected chi connectivity index (χ0v) is 11.5. The molecule has 3 heteroatoms. The number of carbonyl (C=O) groups excluding carboxylic acids is 1. The molecule has 0 fully saturated rings. The Morgan fingerprint density at radius 2 is 1.86 bits per heavy atom. The van der Waals surface area contributed by atoms with Gasteiger partial charge in [-0.1, -0.05) is 27.7 Å². The molecule has 2 nitrogen and oxygen atoms in total. The molecule has 0 aliphatic heterocycles. The zero-order chi connectivity index (χ0) is 11.4. The molecule has 0 spiro atoms. The van der Waals surface area contributed by atoms with E-state index in [4.69, 9.17) is 4.43 Å². The molecule has 0 aromatic carbocycles. The highest BCUT2D eigenvalue weighted by molar-refractivity contribution is 6.48. The molecular weight excluding hydrogens is 192 g/mol. The van der Waals surface area contributed by atoms with Gasteiger partial charge >= 0.3 is 0 Å². The standard InChI is InChI=1S/C11H24O2Si/c1-9(11(2,3)4)7-10(8-12)13-14(5)6/h8-10,14H,7H2,1-6H3/t9?,10-/m1/s1. The molecular formula is C11H24O2Si. The molecule has 14 heavy (non-hydrogen) atoms. The minimum Gasteiger partial charge on any atom is -0.411 e. The Hall–Kier alpha value is -0.153. The molecule has 0 bridgehead atoms. The van der Waals surface area contributed by atoms with E-state index in [1.807, 2.05) is 0 Å². The van der Waals surface area contributed by atoms with Crippen molar-refractivity contribution in [2.24, 2.45) is 11.3 Å². The van der Waals surface area contributed by atoms with Gasteiger partial charge in [0.2, 0.25) is 0 Å². The SMILES string of the molecule is CC(C[C@H](C=O)O[SiH](C)C)C(C)(C)C. The molecule has 84 valence electrons. The molecule has 0 aliphatic carbocycles. The van der Waals surface area contributed by atoms with Gasteiger partial charge in [0.05, 0.1) is 0 Å². The number of aldehydes is 1. The molecule has 0 aromatic rings. The number of hydrogen-bond acceptors (Lipinski definition) is 2. The Labute approximate surface area is 89.8 Å². The van der Waals surface area contributed by atoms with Crippen LogP contribution in [0.5, 0.6) is 0 Å². The molecule has 0 aromatic heterocycles. The van der Waals surface area contributed by atoms with Crippen molar-refractivity contribution in [3.63, 3.8) is 0 Å². The number of rotatable bonds is 5. The second-order valence-corrected chi connectivity index (χ2v) is 7.73. The second kappa shape index (κ2) is 5.66. The van der Waals surface area contributed by atoms with Gasteiger partial charge in [0.25, 0.3) is 0 Å². The molecule has 0 rings (SSSR count). The normalized spacial score (nSPS) is 16.8. The van der Waals surface area contributed by atoms with Crippen LogP contribution in [0.1, 0.15) is 34.1 Å². The Kier molecular flexibility index (Phi) is 5.60. The monoisotopic (exact) mass is 216 g/mol. The van der Waals surface area contributed by atoms with Crippen molar-refractivity contribution in [2.75, 3.05) is 0 Å². The van der Waals surface area contributed by atoms with E-state index in [2.05, 4.69) is 40.8 Å². The van der Waals surface area contributed by atoms with Gasteiger partial charge in [-0.05, 0) is 30.8 Å². The minimum atomic E-state index is -1.09. The van der Waals surface area contributed by atoms with Crippen LogP contribution in [0.3, 0.4) is 0 Å². The molecule has 0 radical (unpaired) electrons. The van der Waals surface area contributed by atoms with Gasteiger partial charge in [-0.15, -0.1) is 0 Å². The maximum absolute atomic E-state index is 10.8. The summed E-state index contributed by atoms with van der Waals surface area (Å²) in [6, 6.07) is 0. The van der Waals surface area contributed by atoms with E-state index >= 15 is 0 Å². The van der Waals surface area contributed by atoms with Crippen molar-refractivity contribution in [1.82, 2.24) is 0 Å².